The summed E-state index contributed by atoms with van der Waals surface area (Å²) in [5.74, 6) is 0.0829. The molecule has 1 aliphatic rings. The summed E-state index contributed by atoms with van der Waals surface area (Å²) in [6.45, 7) is 3.03. The number of rotatable bonds is 3. The van der Waals surface area contributed by atoms with E-state index in [9.17, 15) is 4.79 Å². The Morgan fingerprint density at radius 2 is 2.41 bits per heavy atom. The fourth-order valence-corrected chi connectivity index (χ4v) is 2.51. The van der Waals surface area contributed by atoms with Crippen LogP contribution in [0.4, 0.5) is 5.69 Å². The number of hydrogen-bond acceptors (Lipinski definition) is 2. The van der Waals surface area contributed by atoms with E-state index in [2.05, 4.69) is 39.6 Å². The van der Waals surface area contributed by atoms with Crippen LogP contribution in [0.2, 0.25) is 0 Å². The molecule has 1 saturated heterocycles. The molecule has 0 radical (unpaired) electrons. The van der Waals surface area contributed by atoms with Crippen LogP contribution in [0.5, 0.6) is 0 Å². The SMILES string of the molecule is CCc1cc(Br)ccc1NC(=O)C1CCCN1. The summed E-state index contributed by atoms with van der Waals surface area (Å²) in [5.41, 5.74) is 2.08. The molecule has 92 valence electrons. The average Bonchev–Trinajstić information content (AvgIpc) is 2.85. The number of benzene rings is 1. The van der Waals surface area contributed by atoms with Crippen molar-refractivity contribution in [1.82, 2.24) is 5.32 Å². The van der Waals surface area contributed by atoms with E-state index in [4.69, 9.17) is 0 Å². The summed E-state index contributed by atoms with van der Waals surface area (Å²) in [7, 11) is 0. The zero-order valence-corrected chi connectivity index (χ0v) is 11.5. The van der Waals surface area contributed by atoms with Crippen molar-refractivity contribution in [2.24, 2.45) is 0 Å². The molecule has 1 unspecified atom stereocenters. The number of nitrogens with one attached hydrogen (secondary N) is 2. The van der Waals surface area contributed by atoms with Gasteiger partial charge in [0, 0.05) is 10.2 Å². The summed E-state index contributed by atoms with van der Waals surface area (Å²) < 4.78 is 1.05. The van der Waals surface area contributed by atoms with Crippen molar-refractivity contribution in [1.29, 1.82) is 0 Å². The minimum Gasteiger partial charge on any atom is -0.324 e. The van der Waals surface area contributed by atoms with Crippen LogP contribution in [0.15, 0.2) is 22.7 Å². The van der Waals surface area contributed by atoms with E-state index < -0.39 is 0 Å². The Hall–Kier alpha value is -0.870. The van der Waals surface area contributed by atoms with Gasteiger partial charge in [0.15, 0.2) is 0 Å². The lowest BCUT2D eigenvalue weighted by molar-refractivity contribution is -0.117. The summed E-state index contributed by atoms with van der Waals surface area (Å²) in [4.78, 5) is 12.0. The Morgan fingerprint density at radius 3 is 3.06 bits per heavy atom. The molecule has 0 saturated carbocycles. The summed E-state index contributed by atoms with van der Waals surface area (Å²) >= 11 is 3.44. The van der Waals surface area contributed by atoms with Crippen LogP contribution >= 0.6 is 15.9 Å². The first-order chi connectivity index (χ1) is 8.20. The molecule has 4 heteroatoms. The Kier molecular flexibility index (Phi) is 4.18. The lowest BCUT2D eigenvalue weighted by Gasteiger charge is -2.14. The molecule has 1 aliphatic heterocycles. The summed E-state index contributed by atoms with van der Waals surface area (Å²) in [6.07, 6.45) is 2.93. The fraction of sp³-hybridized carbons (Fsp3) is 0.462. The molecule has 0 aliphatic carbocycles. The van der Waals surface area contributed by atoms with Crippen molar-refractivity contribution in [2.45, 2.75) is 32.2 Å². The maximum atomic E-state index is 12.0. The molecule has 1 fully saturated rings. The molecule has 1 aromatic rings. The maximum Gasteiger partial charge on any atom is 0.241 e. The van der Waals surface area contributed by atoms with E-state index in [-0.39, 0.29) is 11.9 Å². The van der Waals surface area contributed by atoms with Crippen molar-refractivity contribution < 1.29 is 4.79 Å². The molecule has 1 atom stereocenters. The van der Waals surface area contributed by atoms with Gasteiger partial charge in [-0.1, -0.05) is 22.9 Å². The van der Waals surface area contributed by atoms with Crippen LogP contribution in [0.1, 0.15) is 25.3 Å². The molecular formula is C13H17BrN2O. The van der Waals surface area contributed by atoms with E-state index in [1.807, 2.05) is 12.1 Å². The Bertz CT molecular complexity index is 414. The molecule has 1 heterocycles. The third-order valence-corrected chi connectivity index (χ3v) is 3.58. The van der Waals surface area contributed by atoms with Gasteiger partial charge in [-0.2, -0.15) is 0 Å². The number of anilines is 1. The average molecular weight is 297 g/mol. The van der Waals surface area contributed by atoms with Gasteiger partial charge in [0.2, 0.25) is 5.91 Å². The van der Waals surface area contributed by atoms with Gasteiger partial charge < -0.3 is 10.6 Å². The number of aryl methyl sites for hydroxylation is 1. The van der Waals surface area contributed by atoms with Crippen LogP contribution in [-0.4, -0.2) is 18.5 Å². The second-order valence-electron chi connectivity index (χ2n) is 4.29. The van der Waals surface area contributed by atoms with Crippen LogP contribution in [0.25, 0.3) is 0 Å². The molecule has 0 bridgehead atoms. The molecule has 2 N–H and O–H groups in total. The zero-order valence-electron chi connectivity index (χ0n) is 9.92. The molecular weight excluding hydrogens is 280 g/mol. The molecule has 1 aromatic carbocycles. The van der Waals surface area contributed by atoms with Gasteiger partial charge >= 0.3 is 0 Å². The Balaban J connectivity index is 2.09. The van der Waals surface area contributed by atoms with Crippen LogP contribution in [-0.2, 0) is 11.2 Å². The van der Waals surface area contributed by atoms with Crippen molar-refractivity contribution in [3.63, 3.8) is 0 Å². The van der Waals surface area contributed by atoms with Crippen molar-refractivity contribution >= 4 is 27.5 Å². The molecule has 0 aromatic heterocycles. The van der Waals surface area contributed by atoms with E-state index in [1.54, 1.807) is 0 Å². The van der Waals surface area contributed by atoms with Crippen LogP contribution < -0.4 is 10.6 Å². The molecule has 1 amide bonds. The first kappa shape index (κ1) is 12.6. The number of hydrogen-bond donors (Lipinski definition) is 2. The van der Waals surface area contributed by atoms with Gasteiger partial charge in [-0.15, -0.1) is 0 Å². The first-order valence-electron chi connectivity index (χ1n) is 6.03. The highest BCUT2D eigenvalue weighted by Gasteiger charge is 2.22. The van der Waals surface area contributed by atoms with Gasteiger partial charge in [0.05, 0.1) is 6.04 Å². The van der Waals surface area contributed by atoms with Gasteiger partial charge in [-0.25, -0.2) is 0 Å². The maximum absolute atomic E-state index is 12.0. The Morgan fingerprint density at radius 1 is 1.59 bits per heavy atom. The first-order valence-corrected chi connectivity index (χ1v) is 6.82. The monoisotopic (exact) mass is 296 g/mol. The largest absolute Gasteiger partial charge is 0.324 e. The summed E-state index contributed by atoms with van der Waals surface area (Å²) in [5, 5.41) is 6.21. The molecule has 0 spiro atoms. The molecule has 17 heavy (non-hydrogen) atoms. The smallest absolute Gasteiger partial charge is 0.241 e. The van der Waals surface area contributed by atoms with Gasteiger partial charge in [-0.3, -0.25) is 4.79 Å². The topological polar surface area (TPSA) is 41.1 Å². The number of halogens is 1. The zero-order chi connectivity index (χ0) is 12.3. The third-order valence-electron chi connectivity index (χ3n) is 3.08. The predicted molar refractivity (Wildman–Crippen MR) is 73.2 cm³/mol. The second kappa shape index (κ2) is 5.65. The predicted octanol–water partition coefficient (Wildman–Crippen LogP) is 2.70. The minimum atomic E-state index is -0.0247. The van der Waals surface area contributed by atoms with Crippen molar-refractivity contribution in [2.75, 3.05) is 11.9 Å². The highest BCUT2D eigenvalue weighted by atomic mass is 79.9. The normalized spacial score (nSPS) is 19.3. The number of amides is 1. The van der Waals surface area contributed by atoms with Crippen molar-refractivity contribution in [3.8, 4) is 0 Å². The van der Waals surface area contributed by atoms with E-state index in [1.165, 1.54) is 0 Å². The van der Waals surface area contributed by atoms with Gasteiger partial charge in [0.1, 0.15) is 0 Å². The van der Waals surface area contributed by atoms with Crippen molar-refractivity contribution in [3.05, 3.63) is 28.2 Å². The molecule has 2 rings (SSSR count). The number of carbonyl (C=O) groups excluding carboxylic acids is 1. The quantitative estimate of drug-likeness (QED) is 0.900. The van der Waals surface area contributed by atoms with Gasteiger partial charge in [0.25, 0.3) is 0 Å². The van der Waals surface area contributed by atoms with Gasteiger partial charge in [-0.05, 0) is 49.6 Å². The second-order valence-corrected chi connectivity index (χ2v) is 5.21. The van der Waals surface area contributed by atoms with E-state index in [0.717, 1.165) is 41.5 Å². The third kappa shape index (κ3) is 3.07. The number of carbonyl (C=O) groups is 1. The molecule has 3 nitrogen and oxygen atoms in total. The van der Waals surface area contributed by atoms with Crippen LogP contribution in [0.3, 0.4) is 0 Å². The van der Waals surface area contributed by atoms with Crippen LogP contribution in [0, 0.1) is 0 Å². The highest BCUT2D eigenvalue weighted by molar-refractivity contribution is 9.10. The standard InChI is InChI=1S/C13H17BrN2O/c1-2-9-8-10(14)5-6-11(9)16-13(17)12-4-3-7-15-12/h5-6,8,12,15H,2-4,7H2,1H3,(H,16,17). The lowest BCUT2D eigenvalue weighted by atomic mass is 10.1. The van der Waals surface area contributed by atoms with E-state index in [0.29, 0.717) is 0 Å². The Labute approximate surface area is 110 Å². The fourth-order valence-electron chi connectivity index (χ4n) is 2.10. The minimum absolute atomic E-state index is 0.0247. The highest BCUT2D eigenvalue weighted by Crippen LogP contribution is 2.22. The summed E-state index contributed by atoms with van der Waals surface area (Å²) in [6, 6.07) is 5.94. The van der Waals surface area contributed by atoms with E-state index >= 15 is 0 Å². The lowest BCUT2D eigenvalue weighted by Crippen LogP contribution is -2.35.